The zero-order chi connectivity index (χ0) is 32.3. The number of nitrogens with zero attached hydrogens (tertiary/aromatic N) is 3. The van der Waals surface area contributed by atoms with Crippen molar-refractivity contribution in [3.8, 4) is 11.3 Å². The zero-order valence-electron chi connectivity index (χ0n) is 27.0. The van der Waals surface area contributed by atoms with E-state index in [1.54, 1.807) is 0 Å². The Morgan fingerprint density at radius 1 is 0.612 bits per heavy atom. The Morgan fingerprint density at radius 2 is 1.33 bits per heavy atom. The van der Waals surface area contributed by atoms with Gasteiger partial charge in [-0.1, -0.05) is 134 Å². The SMILES string of the molecule is C1=CC2c3ccccc3N(c3ccc(C4=CC(c5cccc(-c6cnc7c8ccccc8c8ccccc8c7n6)c5)=CCC4)cc3)C2C=C1. The van der Waals surface area contributed by atoms with Gasteiger partial charge in [0.25, 0.3) is 0 Å². The highest BCUT2D eigenvalue weighted by Crippen LogP contribution is 2.47. The van der Waals surface area contributed by atoms with Crippen LogP contribution >= 0.6 is 0 Å². The molecule has 2 unspecified atom stereocenters. The van der Waals surface area contributed by atoms with Gasteiger partial charge >= 0.3 is 0 Å². The van der Waals surface area contributed by atoms with E-state index < -0.39 is 0 Å². The highest BCUT2D eigenvalue weighted by Gasteiger charge is 2.36. The van der Waals surface area contributed by atoms with E-state index in [1.165, 1.54) is 50.0 Å². The number of rotatable bonds is 4. The number of aromatic nitrogens is 2. The Balaban J connectivity index is 0.972. The molecule has 7 aromatic rings. The summed E-state index contributed by atoms with van der Waals surface area (Å²) >= 11 is 0. The maximum Gasteiger partial charge on any atom is 0.0979 e. The van der Waals surface area contributed by atoms with Crippen LogP contribution in [0.2, 0.25) is 0 Å². The van der Waals surface area contributed by atoms with Crippen molar-refractivity contribution in [2.24, 2.45) is 0 Å². The van der Waals surface area contributed by atoms with Crippen LogP contribution in [0.3, 0.4) is 0 Å². The Bertz CT molecular complexity index is 2530. The standard InChI is InChI=1S/C46H33N3/c1-3-19-40-36(15-1)37-16-2-4-20-41(37)46-45(40)47-29-42(48-46)34-14-10-13-33(28-34)32-12-9-11-31(27-32)30-23-25-35(26-24-30)49-43-21-7-5-17-38(43)39-18-6-8-22-44(39)49/h1-8,10,12-29,38,43H,9,11H2. The highest BCUT2D eigenvalue weighted by molar-refractivity contribution is 6.23. The van der Waals surface area contributed by atoms with Gasteiger partial charge in [-0.3, -0.25) is 4.98 Å². The van der Waals surface area contributed by atoms with Crippen molar-refractivity contribution < 1.29 is 0 Å². The molecule has 1 aromatic heterocycles. The van der Waals surface area contributed by atoms with Gasteiger partial charge in [-0.25, -0.2) is 4.98 Å². The number of hydrogen-bond acceptors (Lipinski definition) is 3. The van der Waals surface area contributed by atoms with E-state index in [4.69, 9.17) is 9.97 Å². The average Bonchev–Trinajstić information content (AvgIpc) is 3.52. The highest BCUT2D eigenvalue weighted by atomic mass is 15.2. The first-order valence-corrected chi connectivity index (χ1v) is 17.2. The molecule has 2 atom stereocenters. The molecule has 0 radical (unpaired) electrons. The Morgan fingerprint density at radius 3 is 2.16 bits per heavy atom. The molecule has 2 heterocycles. The topological polar surface area (TPSA) is 29.0 Å². The van der Waals surface area contributed by atoms with Crippen molar-refractivity contribution in [3.63, 3.8) is 0 Å². The van der Waals surface area contributed by atoms with Gasteiger partial charge in [-0.2, -0.15) is 0 Å². The lowest BCUT2D eigenvalue weighted by atomic mass is 9.90. The summed E-state index contributed by atoms with van der Waals surface area (Å²) in [4.78, 5) is 12.7. The van der Waals surface area contributed by atoms with Gasteiger partial charge in [0.1, 0.15) is 0 Å². The predicted octanol–water partition coefficient (Wildman–Crippen LogP) is 11.6. The first-order valence-electron chi connectivity index (χ1n) is 17.2. The van der Waals surface area contributed by atoms with Crippen LogP contribution in [0.15, 0.2) is 164 Å². The zero-order valence-corrected chi connectivity index (χ0v) is 27.0. The smallest absolute Gasteiger partial charge is 0.0979 e. The Kier molecular flexibility index (Phi) is 6.45. The van der Waals surface area contributed by atoms with E-state index in [0.29, 0.717) is 12.0 Å². The normalized spacial score (nSPS) is 18.1. The molecule has 1 aliphatic heterocycles. The van der Waals surface area contributed by atoms with Gasteiger partial charge in [-0.05, 0) is 75.7 Å². The molecular formula is C46H33N3. The van der Waals surface area contributed by atoms with E-state index in [2.05, 4.69) is 163 Å². The fourth-order valence-corrected chi connectivity index (χ4v) is 8.18. The lowest BCUT2D eigenvalue weighted by molar-refractivity contribution is 0.745. The van der Waals surface area contributed by atoms with E-state index >= 15 is 0 Å². The van der Waals surface area contributed by atoms with Gasteiger partial charge in [-0.15, -0.1) is 0 Å². The number of benzene rings is 6. The molecule has 49 heavy (non-hydrogen) atoms. The molecule has 0 N–H and O–H groups in total. The molecule has 3 nitrogen and oxygen atoms in total. The molecule has 0 fully saturated rings. The third kappa shape index (κ3) is 4.57. The summed E-state index contributed by atoms with van der Waals surface area (Å²) in [6.07, 6.45) is 17.8. The Hall–Kier alpha value is -6.06. The second-order valence-corrected chi connectivity index (χ2v) is 13.3. The first kappa shape index (κ1) is 28.0. The minimum atomic E-state index is 0.314. The fraction of sp³-hybridized carbons (Fsp3) is 0.0870. The number of anilines is 2. The molecule has 10 rings (SSSR count). The van der Waals surface area contributed by atoms with Gasteiger partial charge in [0.15, 0.2) is 0 Å². The molecule has 6 aromatic carbocycles. The van der Waals surface area contributed by atoms with Crippen LogP contribution < -0.4 is 4.90 Å². The number of allylic oxidation sites excluding steroid dienone is 6. The second-order valence-electron chi connectivity index (χ2n) is 13.3. The first-order chi connectivity index (χ1) is 24.3. The minimum Gasteiger partial charge on any atom is -0.333 e. The summed E-state index contributed by atoms with van der Waals surface area (Å²) in [6, 6.07) is 44.2. The molecule has 3 heteroatoms. The van der Waals surface area contributed by atoms with Gasteiger partial charge in [0.05, 0.1) is 29.0 Å². The molecular weight excluding hydrogens is 595 g/mol. The summed E-state index contributed by atoms with van der Waals surface area (Å²) in [5, 5.41) is 4.70. The van der Waals surface area contributed by atoms with Crippen molar-refractivity contribution in [2.45, 2.75) is 24.8 Å². The van der Waals surface area contributed by atoms with Crippen LogP contribution in [0.4, 0.5) is 11.4 Å². The van der Waals surface area contributed by atoms with Crippen LogP contribution in [-0.2, 0) is 0 Å². The molecule has 0 amide bonds. The van der Waals surface area contributed by atoms with Gasteiger partial charge in [0.2, 0.25) is 0 Å². The Labute approximate surface area is 285 Å². The third-order valence-corrected chi connectivity index (χ3v) is 10.5. The summed E-state index contributed by atoms with van der Waals surface area (Å²) in [6.45, 7) is 0. The van der Waals surface area contributed by atoms with Gasteiger partial charge < -0.3 is 4.90 Å². The van der Waals surface area contributed by atoms with E-state index in [9.17, 15) is 0 Å². The van der Waals surface area contributed by atoms with Crippen molar-refractivity contribution in [3.05, 3.63) is 181 Å². The molecule has 0 spiro atoms. The monoisotopic (exact) mass is 627 g/mol. The van der Waals surface area contributed by atoms with E-state index in [1.807, 2.05) is 6.20 Å². The third-order valence-electron chi connectivity index (χ3n) is 10.5. The maximum atomic E-state index is 5.24. The van der Waals surface area contributed by atoms with Crippen molar-refractivity contribution in [1.29, 1.82) is 0 Å². The summed E-state index contributed by atoms with van der Waals surface area (Å²) in [5.41, 5.74) is 12.9. The van der Waals surface area contributed by atoms with Gasteiger partial charge in [0, 0.05) is 33.6 Å². The van der Waals surface area contributed by atoms with E-state index in [0.717, 1.165) is 45.9 Å². The second kappa shape index (κ2) is 11.3. The summed E-state index contributed by atoms with van der Waals surface area (Å²) in [5.74, 6) is 0.394. The van der Waals surface area contributed by atoms with Crippen LogP contribution in [0.1, 0.15) is 35.4 Å². The number of para-hydroxylation sites is 1. The van der Waals surface area contributed by atoms with Crippen molar-refractivity contribution >= 4 is 55.1 Å². The number of hydrogen-bond donors (Lipinski definition) is 0. The molecule has 2 aliphatic carbocycles. The van der Waals surface area contributed by atoms with Crippen molar-refractivity contribution in [1.82, 2.24) is 9.97 Å². The van der Waals surface area contributed by atoms with E-state index in [-0.39, 0.29) is 0 Å². The van der Waals surface area contributed by atoms with Crippen LogP contribution in [0, 0.1) is 0 Å². The summed E-state index contributed by atoms with van der Waals surface area (Å²) < 4.78 is 0. The summed E-state index contributed by atoms with van der Waals surface area (Å²) in [7, 11) is 0. The molecule has 3 aliphatic rings. The fourth-order valence-electron chi connectivity index (χ4n) is 8.18. The van der Waals surface area contributed by atoms with Crippen LogP contribution in [-0.4, -0.2) is 16.0 Å². The molecule has 232 valence electrons. The maximum absolute atomic E-state index is 5.24. The van der Waals surface area contributed by atoms with Crippen LogP contribution in [0.25, 0.3) is 55.0 Å². The van der Waals surface area contributed by atoms with Crippen molar-refractivity contribution in [2.75, 3.05) is 4.90 Å². The minimum absolute atomic E-state index is 0.314. The molecule has 0 saturated carbocycles. The lowest BCUT2D eigenvalue weighted by Crippen LogP contribution is -2.28. The largest absolute Gasteiger partial charge is 0.333 e. The number of fused-ring (bicyclic) bond motifs is 9. The molecule has 0 bridgehead atoms. The predicted molar refractivity (Wildman–Crippen MR) is 205 cm³/mol. The van der Waals surface area contributed by atoms with Crippen LogP contribution in [0.5, 0.6) is 0 Å². The molecule has 0 saturated heterocycles. The quantitative estimate of drug-likeness (QED) is 0.182. The average molecular weight is 628 g/mol. The lowest BCUT2D eigenvalue weighted by Gasteiger charge is -2.29.